The van der Waals surface area contributed by atoms with Gasteiger partial charge in [0, 0.05) is 24.3 Å². The molecular formula is C13H21N3O2. The Hall–Kier alpha value is -1.36. The van der Waals surface area contributed by atoms with Gasteiger partial charge in [-0.2, -0.15) is 5.10 Å². The Morgan fingerprint density at radius 1 is 1.56 bits per heavy atom. The molecule has 0 saturated heterocycles. The van der Waals surface area contributed by atoms with E-state index in [0.29, 0.717) is 6.04 Å². The molecule has 1 aromatic heterocycles. The van der Waals surface area contributed by atoms with Gasteiger partial charge in [-0.3, -0.25) is 14.8 Å². The Morgan fingerprint density at radius 3 is 2.83 bits per heavy atom. The van der Waals surface area contributed by atoms with Gasteiger partial charge in [-0.15, -0.1) is 0 Å². The average molecular weight is 251 g/mol. The summed E-state index contributed by atoms with van der Waals surface area (Å²) in [6, 6.07) is -0.307. The molecule has 18 heavy (non-hydrogen) atoms. The van der Waals surface area contributed by atoms with Gasteiger partial charge in [-0.05, 0) is 19.8 Å². The summed E-state index contributed by atoms with van der Waals surface area (Å²) in [7, 11) is 0. The van der Waals surface area contributed by atoms with Crippen molar-refractivity contribution < 1.29 is 9.90 Å². The van der Waals surface area contributed by atoms with Crippen LogP contribution in [0, 0.1) is 0 Å². The van der Waals surface area contributed by atoms with Crippen molar-refractivity contribution >= 4 is 5.97 Å². The predicted octanol–water partition coefficient (Wildman–Crippen LogP) is 1.95. The minimum Gasteiger partial charge on any atom is -0.480 e. The highest BCUT2D eigenvalue weighted by molar-refractivity contribution is 5.75. The third-order valence-electron chi connectivity index (χ3n) is 3.57. The van der Waals surface area contributed by atoms with Crippen molar-refractivity contribution in [1.29, 1.82) is 0 Å². The number of aliphatic carboxylic acids is 1. The molecule has 0 amide bonds. The minimum atomic E-state index is -0.823. The first-order valence-corrected chi connectivity index (χ1v) is 6.72. The van der Waals surface area contributed by atoms with E-state index < -0.39 is 12.0 Å². The molecule has 1 fully saturated rings. The van der Waals surface area contributed by atoms with Gasteiger partial charge in [0.2, 0.25) is 0 Å². The molecule has 2 rings (SSSR count). The van der Waals surface area contributed by atoms with Crippen LogP contribution >= 0.6 is 0 Å². The number of carboxylic acid groups (broad SMARTS) is 1. The maximum atomic E-state index is 11.4. The molecule has 1 aromatic rings. The molecule has 1 unspecified atom stereocenters. The van der Waals surface area contributed by atoms with Crippen LogP contribution in [0.3, 0.4) is 0 Å². The van der Waals surface area contributed by atoms with E-state index in [0.717, 1.165) is 24.9 Å². The summed E-state index contributed by atoms with van der Waals surface area (Å²) in [5.74, 6) is -0.823. The number of rotatable bonds is 5. The van der Waals surface area contributed by atoms with Gasteiger partial charge in [0.15, 0.2) is 0 Å². The molecule has 0 spiro atoms. The highest BCUT2D eigenvalue weighted by Crippen LogP contribution is 2.21. The van der Waals surface area contributed by atoms with Gasteiger partial charge in [0.1, 0.15) is 6.04 Å². The topological polar surface area (TPSA) is 67.2 Å². The van der Waals surface area contributed by atoms with Crippen LogP contribution < -0.4 is 5.32 Å². The number of nitrogens with one attached hydrogen (secondary N) is 1. The number of carboxylic acids is 1. The molecule has 0 aromatic carbocycles. The quantitative estimate of drug-likeness (QED) is 0.839. The number of aryl methyl sites for hydroxylation is 1. The van der Waals surface area contributed by atoms with Crippen molar-refractivity contribution in [2.45, 2.75) is 57.7 Å². The normalized spacial score (nSPS) is 18.7. The average Bonchev–Trinajstić information content (AvgIpc) is 2.85. The monoisotopic (exact) mass is 251 g/mol. The summed E-state index contributed by atoms with van der Waals surface area (Å²) < 4.78 is 1.76. The summed E-state index contributed by atoms with van der Waals surface area (Å²) in [5.41, 5.74) is 0.745. The molecule has 1 atom stereocenters. The molecule has 1 heterocycles. The van der Waals surface area contributed by atoms with Crippen molar-refractivity contribution in [3.05, 3.63) is 18.0 Å². The van der Waals surface area contributed by atoms with Gasteiger partial charge in [0.25, 0.3) is 0 Å². The van der Waals surface area contributed by atoms with E-state index >= 15 is 0 Å². The second kappa shape index (κ2) is 6.00. The van der Waals surface area contributed by atoms with E-state index in [1.165, 1.54) is 19.3 Å². The smallest absolute Gasteiger partial charge is 0.325 e. The van der Waals surface area contributed by atoms with Crippen molar-refractivity contribution in [3.8, 4) is 0 Å². The minimum absolute atomic E-state index is 0.324. The molecule has 5 nitrogen and oxygen atoms in total. The molecule has 5 heteroatoms. The second-order valence-electron chi connectivity index (χ2n) is 4.90. The predicted molar refractivity (Wildman–Crippen MR) is 68.3 cm³/mol. The largest absolute Gasteiger partial charge is 0.480 e. The van der Waals surface area contributed by atoms with Crippen LogP contribution in [0.2, 0.25) is 0 Å². The molecular weight excluding hydrogens is 230 g/mol. The lowest BCUT2D eigenvalue weighted by atomic mass is 9.94. The summed E-state index contributed by atoms with van der Waals surface area (Å²) in [6.45, 7) is 2.75. The molecule has 100 valence electrons. The molecule has 1 aliphatic rings. The maximum Gasteiger partial charge on any atom is 0.325 e. The highest BCUT2D eigenvalue weighted by atomic mass is 16.4. The van der Waals surface area contributed by atoms with Crippen molar-refractivity contribution in [2.24, 2.45) is 0 Å². The highest BCUT2D eigenvalue weighted by Gasteiger charge is 2.25. The van der Waals surface area contributed by atoms with Crippen LogP contribution in [0.25, 0.3) is 0 Å². The zero-order valence-corrected chi connectivity index (χ0v) is 10.8. The van der Waals surface area contributed by atoms with Gasteiger partial charge >= 0.3 is 5.97 Å². The number of hydrogen-bond donors (Lipinski definition) is 2. The van der Waals surface area contributed by atoms with E-state index in [1.807, 2.05) is 13.1 Å². The van der Waals surface area contributed by atoms with E-state index in [9.17, 15) is 9.90 Å². The summed E-state index contributed by atoms with van der Waals surface area (Å²) >= 11 is 0. The summed E-state index contributed by atoms with van der Waals surface area (Å²) in [4.78, 5) is 11.4. The SMILES string of the molecule is CCn1cc(C(NC2CCCCC2)C(=O)O)cn1. The lowest BCUT2D eigenvalue weighted by molar-refractivity contribution is -0.140. The van der Waals surface area contributed by atoms with Crippen LogP contribution in [0.1, 0.15) is 50.6 Å². The lowest BCUT2D eigenvalue weighted by Crippen LogP contribution is -2.38. The molecule has 0 aliphatic heterocycles. The molecule has 0 bridgehead atoms. The second-order valence-corrected chi connectivity index (χ2v) is 4.90. The van der Waals surface area contributed by atoms with Crippen molar-refractivity contribution in [1.82, 2.24) is 15.1 Å². The van der Waals surface area contributed by atoms with E-state index in [1.54, 1.807) is 10.9 Å². The van der Waals surface area contributed by atoms with Gasteiger partial charge in [0.05, 0.1) is 6.20 Å². The van der Waals surface area contributed by atoms with Gasteiger partial charge < -0.3 is 5.11 Å². The Balaban J connectivity index is 2.05. The molecule has 1 aliphatic carbocycles. The van der Waals surface area contributed by atoms with Crippen LogP contribution in [0.4, 0.5) is 0 Å². The van der Waals surface area contributed by atoms with Crippen molar-refractivity contribution in [2.75, 3.05) is 0 Å². The number of nitrogens with zero attached hydrogens (tertiary/aromatic N) is 2. The Labute approximate surface area is 107 Å². The zero-order valence-electron chi connectivity index (χ0n) is 10.8. The van der Waals surface area contributed by atoms with Crippen LogP contribution in [-0.4, -0.2) is 26.9 Å². The van der Waals surface area contributed by atoms with Crippen LogP contribution in [0.5, 0.6) is 0 Å². The third kappa shape index (κ3) is 3.10. The zero-order chi connectivity index (χ0) is 13.0. The number of carbonyl (C=O) groups is 1. The third-order valence-corrected chi connectivity index (χ3v) is 3.57. The maximum absolute atomic E-state index is 11.4. The summed E-state index contributed by atoms with van der Waals surface area (Å²) in [6.07, 6.45) is 9.27. The van der Waals surface area contributed by atoms with E-state index in [2.05, 4.69) is 10.4 Å². The Bertz CT molecular complexity index is 397. The first-order chi connectivity index (χ1) is 8.70. The van der Waals surface area contributed by atoms with Gasteiger partial charge in [-0.25, -0.2) is 0 Å². The number of aromatic nitrogens is 2. The molecule has 0 radical (unpaired) electrons. The molecule has 2 N–H and O–H groups in total. The molecule has 1 saturated carbocycles. The fourth-order valence-corrected chi connectivity index (χ4v) is 2.52. The first kappa shape index (κ1) is 13.1. The van der Waals surface area contributed by atoms with Crippen LogP contribution in [-0.2, 0) is 11.3 Å². The fraction of sp³-hybridized carbons (Fsp3) is 0.692. The fourth-order valence-electron chi connectivity index (χ4n) is 2.52. The van der Waals surface area contributed by atoms with E-state index in [-0.39, 0.29) is 0 Å². The lowest BCUT2D eigenvalue weighted by Gasteiger charge is -2.26. The standard InChI is InChI=1S/C13H21N3O2/c1-2-16-9-10(8-14-16)12(13(17)18)15-11-6-4-3-5-7-11/h8-9,11-12,15H,2-7H2,1H3,(H,17,18). The van der Waals surface area contributed by atoms with E-state index in [4.69, 9.17) is 0 Å². The van der Waals surface area contributed by atoms with Crippen LogP contribution in [0.15, 0.2) is 12.4 Å². The van der Waals surface area contributed by atoms with Crippen molar-refractivity contribution in [3.63, 3.8) is 0 Å². The Morgan fingerprint density at radius 2 is 2.28 bits per heavy atom. The Kier molecular flexibility index (Phi) is 4.36. The van der Waals surface area contributed by atoms with Gasteiger partial charge in [-0.1, -0.05) is 19.3 Å². The summed E-state index contributed by atoms with van der Waals surface area (Å²) in [5, 5.41) is 16.7. The number of hydrogen-bond acceptors (Lipinski definition) is 3. The first-order valence-electron chi connectivity index (χ1n) is 6.72.